The molecule has 0 unspecified atom stereocenters. The van der Waals surface area contributed by atoms with Crippen LogP contribution in [0.2, 0.25) is 0 Å². The molecule has 44 heavy (non-hydrogen) atoms. The van der Waals surface area contributed by atoms with Crippen LogP contribution in [0, 0.1) is 12.3 Å². The van der Waals surface area contributed by atoms with Gasteiger partial charge in [-0.15, -0.1) is 11.5 Å². The van der Waals surface area contributed by atoms with Crippen LogP contribution in [0.3, 0.4) is 0 Å². The van der Waals surface area contributed by atoms with Gasteiger partial charge in [0, 0.05) is 19.3 Å². The summed E-state index contributed by atoms with van der Waals surface area (Å²) in [6.45, 7) is 3.33. The monoisotopic (exact) mass is 593 g/mol. The maximum absolute atomic E-state index is 13.5. The summed E-state index contributed by atoms with van der Waals surface area (Å²) in [5.74, 6) is 0.159. The molecular weight excluding hydrogens is 566 g/mol. The fraction of sp³-hybridized carbons (Fsp3) is 0.161. The topological polar surface area (TPSA) is 162 Å². The molecule has 13 heteroatoms. The van der Waals surface area contributed by atoms with E-state index in [9.17, 15) is 19.2 Å². The lowest BCUT2D eigenvalue weighted by molar-refractivity contribution is 0.0885. The van der Waals surface area contributed by atoms with Gasteiger partial charge in [0.05, 0.1) is 16.8 Å². The van der Waals surface area contributed by atoms with E-state index in [2.05, 4.69) is 32.1 Å². The number of aromatic nitrogens is 4. The second kappa shape index (κ2) is 12.0. The number of aryl methyl sites for hydroxylation is 1. The smallest absolute Gasteiger partial charge is 0.436 e. The number of nitrogens with zero attached hydrogens (tertiary/aromatic N) is 4. The third kappa shape index (κ3) is 5.90. The van der Waals surface area contributed by atoms with Crippen molar-refractivity contribution < 1.29 is 28.3 Å². The molecule has 3 heterocycles. The maximum atomic E-state index is 13.5. The predicted octanol–water partition coefficient (Wildman–Crippen LogP) is 4.15. The van der Waals surface area contributed by atoms with Gasteiger partial charge in [-0.1, -0.05) is 48.4 Å². The number of furan rings is 1. The molecule has 3 N–H and O–H groups in total. The molecule has 5 rings (SSSR count). The first-order chi connectivity index (χ1) is 21.1. The van der Waals surface area contributed by atoms with E-state index in [1.165, 1.54) is 29.1 Å². The summed E-state index contributed by atoms with van der Waals surface area (Å²) in [6.07, 6.45) is 5.75. The fourth-order valence-corrected chi connectivity index (χ4v) is 4.43. The molecule has 2 aromatic carbocycles. The Morgan fingerprint density at radius 3 is 2.41 bits per heavy atom. The number of para-hydroxylation sites is 1. The van der Waals surface area contributed by atoms with Crippen molar-refractivity contribution in [3.63, 3.8) is 0 Å². The largest absolute Gasteiger partial charge is 0.445 e. The summed E-state index contributed by atoms with van der Waals surface area (Å²) in [5, 5.41) is 16.4. The van der Waals surface area contributed by atoms with Crippen molar-refractivity contribution in [2.24, 2.45) is 7.05 Å². The molecule has 13 nitrogen and oxygen atoms in total. The Hall–Kier alpha value is -6.16. The van der Waals surface area contributed by atoms with Gasteiger partial charge in [0.1, 0.15) is 11.2 Å². The molecule has 0 aliphatic rings. The molecule has 0 radical (unpaired) electrons. The van der Waals surface area contributed by atoms with Gasteiger partial charge in [-0.3, -0.25) is 19.1 Å². The summed E-state index contributed by atoms with van der Waals surface area (Å²) in [4.78, 5) is 52.3. The molecule has 3 amide bonds. The Balaban J connectivity index is 1.46. The van der Waals surface area contributed by atoms with Crippen LogP contribution in [0.25, 0.3) is 11.1 Å². The average Bonchev–Trinajstić information content (AvgIpc) is 3.72. The van der Waals surface area contributed by atoms with Gasteiger partial charge in [0.15, 0.2) is 23.8 Å². The molecule has 0 aliphatic heterocycles. The second-order valence-electron chi connectivity index (χ2n) is 10.1. The van der Waals surface area contributed by atoms with Crippen LogP contribution in [0.15, 0.2) is 77.3 Å². The molecule has 5 aromatic rings. The summed E-state index contributed by atoms with van der Waals surface area (Å²) in [6, 6.07) is 18.5. The number of ether oxygens (including phenoxy) is 1. The first-order valence-electron chi connectivity index (χ1n) is 13.3. The van der Waals surface area contributed by atoms with Crippen molar-refractivity contribution in [3.8, 4) is 12.3 Å². The Bertz CT molecular complexity index is 1930. The van der Waals surface area contributed by atoms with Gasteiger partial charge in [0.25, 0.3) is 17.7 Å². The number of amides is 3. The number of carbonyl (C=O) groups is 4. The van der Waals surface area contributed by atoms with Gasteiger partial charge < -0.3 is 25.1 Å². The summed E-state index contributed by atoms with van der Waals surface area (Å²) in [7, 11) is 1.62. The van der Waals surface area contributed by atoms with Crippen LogP contribution in [0.1, 0.15) is 50.8 Å². The van der Waals surface area contributed by atoms with E-state index in [0.717, 1.165) is 10.2 Å². The van der Waals surface area contributed by atoms with Gasteiger partial charge in [0.2, 0.25) is 0 Å². The summed E-state index contributed by atoms with van der Waals surface area (Å²) >= 11 is 0. The molecule has 0 saturated heterocycles. The molecular formula is C31H27N7O6. The van der Waals surface area contributed by atoms with Crippen molar-refractivity contribution in [2.45, 2.75) is 19.4 Å². The second-order valence-corrected chi connectivity index (χ2v) is 10.1. The van der Waals surface area contributed by atoms with Crippen molar-refractivity contribution in [1.82, 2.24) is 24.9 Å². The lowest BCUT2D eigenvalue weighted by Gasteiger charge is -2.26. The third-order valence-electron chi connectivity index (χ3n) is 6.66. The van der Waals surface area contributed by atoms with Crippen LogP contribution in [-0.2, 0) is 17.3 Å². The average molecular weight is 594 g/mol. The van der Waals surface area contributed by atoms with Gasteiger partial charge >= 0.3 is 6.09 Å². The highest BCUT2D eigenvalue weighted by Crippen LogP contribution is 2.29. The number of anilines is 2. The number of rotatable bonds is 8. The van der Waals surface area contributed by atoms with E-state index in [1.807, 2.05) is 44.2 Å². The minimum absolute atomic E-state index is 0.0581. The molecule has 0 bridgehead atoms. The van der Waals surface area contributed by atoms with Gasteiger partial charge in [-0.05, 0) is 37.6 Å². The molecule has 0 saturated carbocycles. The minimum atomic E-state index is -0.949. The summed E-state index contributed by atoms with van der Waals surface area (Å²) in [5.41, 5.74) is 0.671. The zero-order valence-corrected chi connectivity index (χ0v) is 24.0. The highest BCUT2D eigenvalue weighted by Gasteiger charge is 2.29. The van der Waals surface area contributed by atoms with Crippen LogP contribution >= 0.6 is 0 Å². The van der Waals surface area contributed by atoms with Gasteiger partial charge in [-0.2, -0.15) is 9.78 Å². The van der Waals surface area contributed by atoms with Crippen LogP contribution in [0.5, 0.6) is 0 Å². The highest BCUT2D eigenvalue weighted by atomic mass is 16.6. The predicted molar refractivity (Wildman–Crippen MR) is 160 cm³/mol. The molecule has 3 aromatic heterocycles. The lowest BCUT2D eigenvalue weighted by atomic mass is 9.94. The van der Waals surface area contributed by atoms with Crippen LogP contribution in [0.4, 0.5) is 16.3 Å². The van der Waals surface area contributed by atoms with E-state index in [0.29, 0.717) is 0 Å². The normalized spacial score (nSPS) is 11.0. The Labute approximate surface area is 251 Å². The quantitative estimate of drug-likeness (QED) is 0.226. The highest BCUT2D eigenvalue weighted by molar-refractivity contribution is 6.14. The number of terminal acetylenes is 1. The summed E-state index contributed by atoms with van der Waals surface area (Å²) < 4.78 is 13.1. The zero-order valence-electron chi connectivity index (χ0n) is 24.0. The van der Waals surface area contributed by atoms with Crippen molar-refractivity contribution in [2.75, 3.05) is 17.2 Å². The van der Waals surface area contributed by atoms with E-state index in [4.69, 9.17) is 15.6 Å². The van der Waals surface area contributed by atoms with E-state index < -0.39 is 29.4 Å². The van der Waals surface area contributed by atoms with E-state index in [1.54, 1.807) is 25.2 Å². The van der Waals surface area contributed by atoms with Crippen molar-refractivity contribution in [1.29, 1.82) is 0 Å². The number of carbonyl (C=O) groups excluding carboxylic acids is 4. The Morgan fingerprint density at radius 1 is 0.977 bits per heavy atom. The standard InChI is InChI=1S/C31H27N7O6/c1-5-17-43-30(42)38-23-18-24(29(41)35-31(2,3)19-11-7-6-8-12-19)44-25(23)26(36-38)34-27(39)20-13-9-10-14-21(20)33-28(40)22-15-16-32-37(22)4/h1,6-16,18H,17H2,2-4H3,(H,33,40)(H,35,41)(H,34,36,39). The number of hydrogen-bond donors (Lipinski definition) is 3. The van der Waals surface area contributed by atoms with E-state index >= 15 is 0 Å². The number of benzene rings is 2. The minimum Gasteiger partial charge on any atom is -0.445 e. The zero-order chi connectivity index (χ0) is 31.4. The van der Waals surface area contributed by atoms with Crippen LogP contribution < -0.4 is 16.0 Å². The SMILES string of the molecule is C#CCOC(=O)n1nc(NC(=O)c2ccccc2NC(=O)c2ccnn2C)c2oc(C(=O)NC(C)(C)c3ccccc3)cc21. The van der Waals surface area contributed by atoms with Gasteiger partial charge in [-0.25, -0.2) is 4.79 Å². The maximum Gasteiger partial charge on any atom is 0.436 e. The van der Waals surface area contributed by atoms with Crippen molar-refractivity contribution in [3.05, 3.63) is 95.5 Å². The molecule has 0 spiro atoms. The van der Waals surface area contributed by atoms with Crippen molar-refractivity contribution >= 4 is 46.4 Å². The molecule has 0 aliphatic carbocycles. The molecule has 0 fully saturated rings. The Morgan fingerprint density at radius 2 is 1.70 bits per heavy atom. The Kier molecular flexibility index (Phi) is 7.99. The first kappa shape index (κ1) is 29.3. The molecule has 0 atom stereocenters. The molecule has 222 valence electrons. The number of fused-ring (bicyclic) bond motifs is 1. The van der Waals surface area contributed by atoms with Crippen LogP contribution in [-0.4, -0.2) is 50.0 Å². The van der Waals surface area contributed by atoms with E-state index in [-0.39, 0.29) is 46.2 Å². The lowest BCUT2D eigenvalue weighted by Crippen LogP contribution is -2.40. The first-order valence-corrected chi connectivity index (χ1v) is 13.3. The third-order valence-corrected chi connectivity index (χ3v) is 6.66. The fourth-order valence-electron chi connectivity index (χ4n) is 4.43. The number of nitrogens with one attached hydrogen (secondary N) is 3. The number of hydrogen-bond acceptors (Lipinski definition) is 8.